The summed E-state index contributed by atoms with van der Waals surface area (Å²) in [4.78, 5) is 4.56. The molecule has 1 N–H and O–H groups in total. The summed E-state index contributed by atoms with van der Waals surface area (Å²) in [5, 5.41) is 6.93. The number of hydrogen-bond acceptors (Lipinski definition) is 3. The van der Waals surface area contributed by atoms with E-state index in [9.17, 15) is 0 Å². The fraction of sp³-hybridized carbons (Fsp3) is 0.786. The van der Waals surface area contributed by atoms with Crippen LogP contribution in [0.15, 0.2) is 5.38 Å². The van der Waals surface area contributed by atoms with E-state index in [0.717, 1.165) is 13.0 Å². The van der Waals surface area contributed by atoms with Crippen molar-refractivity contribution in [1.82, 2.24) is 10.3 Å². The number of thiazole rings is 1. The third-order valence-electron chi connectivity index (χ3n) is 2.93. The van der Waals surface area contributed by atoms with E-state index in [1.807, 2.05) is 0 Å². The Labute approximate surface area is 110 Å². The van der Waals surface area contributed by atoms with Crippen molar-refractivity contribution >= 4 is 11.3 Å². The average Bonchev–Trinajstić information content (AvgIpc) is 2.59. The van der Waals surface area contributed by atoms with Crippen molar-refractivity contribution in [3.05, 3.63) is 16.1 Å². The van der Waals surface area contributed by atoms with Gasteiger partial charge in [-0.05, 0) is 45.1 Å². The highest BCUT2D eigenvalue weighted by Crippen LogP contribution is 2.28. The Morgan fingerprint density at radius 1 is 1.47 bits per heavy atom. The molecule has 1 unspecified atom stereocenters. The molecule has 3 heteroatoms. The van der Waals surface area contributed by atoms with Gasteiger partial charge in [0.1, 0.15) is 0 Å². The third kappa shape index (κ3) is 5.64. The quantitative estimate of drug-likeness (QED) is 0.800. The van der Waals surface area contributed by atoms with Crippen LogP contribution in [0.25, 0.3) is 0 Å². The molecule has 1 atom stereocenters. The summed E-state index contributed by atoms with van der Waals surface area (Å²) < 4.78 is 0. The Hall–Kier alpha value is -0.410. The number of aromatic nitrogens is 1. The Kier molecular flexibility index (Phi) is 5.60. The van der Waals surface area contributed by atoms with Crippen LogP contribution in [0.3, 0.4) is 0 Å². The molecular weight excluding hydrogens is 228 g/mol. The third-order valence-corrected chi connectivity index (χ3v) is 3.75. The molecule has 2 nitrogen and oxygen atoms in total. The second-order valence-corrected chi connectivity index (χ2v) is 6.82. The SMILES string of the molecule is CCCNC(C)CC(C)(C)Cc1csc(C)n1. The normalized spacial score (nSPS) is 13.9. The van der Waals surface area contributed by atoms with Gasteiger partial charge in [-0.3, -0.25) is 0 Å². The summed E-state index contributed by atoms with van der Waals surface area (Å²) in [6, 6.07) is 0.588. The van der Waals surface area contributed by atoms with Gasteiger partial charge in [0.15, 0.2) is 0 Å². The second-order valence-electron chi connectivity index (χ2n) is 5.76. The molecular formula is C14H26N2S. The minimum atomic E-state index is 0.320. The maximum atomic E-state index is 4.56. The molecule has 0 aromatic carbocycles. The molecule has 0 amide bonds. The minimum absolute atomic E-state index is 0.320. The van der Waals surface area contributed by atoms with Gasteiger partial charge in [0, 0.05) is 11.4 Å². The largest absolute Gasteiger partial charge is 0.314 e. The van der Waals surface area contributed by atoms with Crippen LogP contribution in [-0.4, -0.2) is 17.6 Å². The lowest BCUT2D eigenvalue weighted by molar-refractivity contribution is 0.285. The lowest BCUT2D eigenvalue weighted by atomic mass is 9.82. The Bertz CT molecular complexity index is 331. The summed E-state index contributed by atoms with van der Waals surface area (Å²) in [6.45, 7) is 12.4. The number of rotatable bonds is 7. The first-order valence-corrected chi connectivity index (χ1v) is 7.45. The van der Waals surface area contributed by atoms with Gasteiger partial charge in [-0.15, -0.1) is 11.3 Å². The highest BCUT2D eigenvalue weighted by Gasteiger charge is 2.22. The molecule has 1 heterocycles. The van der Waals surface area contributed by atoms with Gasteiger partial charge in [0.2, 0.25) is 0 Å². The summed E-state index contributed by atoms with van der Waals surface area (Å²) >= 11 is 1.75. The van der Waals surface area contributed by atoms with Gasteiger partial charge in [0.25, 0.3) is 0 Å². The van der Waals surface area contributed by atoms with Crippen LogP contribution in [-0.2, 0) is 6.42 Å². The lowest BCUT2D eigenvalue weighted by Crippen LogP contribution is -2.32. The Balaban J connectivity index is 2.44. The first kappa shape index (κ1) is 14.7. The Morgan fingerprint density at radius 3 is 2.71 bits per heavy atom. The molecule has 98 valence electrons. The lowest BCUT2D eigenvalue weighted by Gasteiger charge is -2.28. The molecule has 0 aliphatic carbocycles. The molecule has 0 spiro atoms. The molecule has 0 saturated heterocycles. The molecule has 0 aliphatic heterocycles. The van der Waals surface area contributed by atoms with Crippen molar-refractivity contribution in [1.29, 1.82) is 0 Å². The molecule has 1 aromatic rings. The molecule has 0 saturated carbocycles. The second kappa shape index (κ2) is 6.50. The standard InChI is InChI=1S/C14H26N2S/c1-6-7-15-11(2)8-14(4,5)9-13-10-17-12(3)16-13/h10-11,15H,6-9H2,1-5H3. The maximum absolute atomic E-state index is 4.56. The summed E-state index contributed by atoms with van der Waals surface area (Å²) in [6.07, 6.45) is 3.48. The fourth-order valence-corrected chi connectivity index (χ4v) is 2.96. The van der Waals surface area contributed by atoms with Gasteiger partial charge in [-0.2, -0.15) is 0 Å². The van der Waals surface area contributed by atoms with Gasteiger partial charge in [0.05, 0.1) is 10.7 Å². The predicted octanol–water partition coefficient (Wildman–Crippen LogP) is 3.80. The van der Waals surface area contributed by atoms with Gasteiger partial charge in [-0.1, -0.05) is 20.8 Å². The van der Waals surface area contributed by atoms with E-state index in [2.05, 4.69) is 50.3 Å². The van der Waals surface area contributed by atoms with E-state index in [4.69, 9.17) is 0 Å². The van der Waals surface area contributed by atoms with E-state index in [1.54, 1.807) is 11.3 Å². The zero-order valence-corrected chi connectivity index (χ0v) is 12.7. The van der Waals surface area contributed by atoms with Gasteiger partial charge >= 0.3 is 0 Å². The highest BCUT2D eigenvalue weighted by atomic mass is 32.1. The van der Waals surface area contributed by atoms with Gasteiger partial charge < -0.3 is 5.32 Å². The number of aryl methyl sites for hydroxylation is 1. The van der Waals surface area contributed by atoms with Crippen molar-refractivity contribution in [2.24, 2.45) is 5.41 Å². The molecule has 1 aromatic heterocycles. The van der Waals surface area contributed by atoms with Crippen molar-refractivity contribution in [2.75, 3.05) is 6.54 Å². The van der Waals surface area contributed by atoms with Crippen molar-refractivity contribution in [3.8, 4) is 0 Å². The van der Waals surface area contributed by atoms with Crippen LogP contribution in [0, 0.1) is 12.3 Å². The molecule has 17 heavy (non-hydrogen) atoms. The summed E-state index contributed by atoms with van der Waals surface area (Å²) in [5.41, 5.74) is 1.57. The Morgan fingerprint density at radius 2 is 2.18 bits per heavy atom. The smallest absolute Gasteiger partial charge is 0.0897 e. The molecule has 0 radical (unpaired) electrons. The van der Waals surface area contributed by atoms with Crippen LogP contribution in [0.4, 0.5) is 0 Å². The summed E-state index contributed by atoms with van der Waals surface area (Å²) in [5.74, 6) is 0. The van der Waals surface area contributed by atoms with Gasteiger partial charge in [-0.25, -0.2) is 4.98 Å². The monoisotopic (exact) mass is 254 g/mol. The van der Waals surface area contributed by atoms with Crippen molar-refractivity contribution in [2.45, 2.75) is 59.9 Å². The highest BCUT2D eigenvalue weighted by molar-refractivity contribution is 7.09. The fourth-order valence-electron chi connectivity index (χ4n) is 2.34. The number of nitrogens with zero attached hydrogens (tertiary/aromatic N) is 1. The van der Waals surface area contributed by atoms with E-state index in [1.165, 1.54) is 23.5 Å². The van der Waals surface area contributed by atoms with E-state index in [0.29, 0.717) is 11.5 Å². The zero-order valence-electron chi connectivity index (χ0n) is 11.8. The molecule has 0 bridgehead atoms. The number of hydrogen-bond donors (Lipinski definition) is 1. The minimum Gasteiger partial charge on any atom is -0.314 e. The molecule has 0 aliphatic rings. The van der Waals surface area contributed by atoms with Crippen molar-refractivity contribution < 1.29 is 0 Å². The molecule has 1 rings (SSSR count). The molecule has 0 fully saturated rings. The van der Waals surface area contributed by atoms with E-state index < -0.39 is 0 Å². The van der Waals surface area contributed by atoms with Crippen LogP contribution in [0.1, 0.15) is 51.2 Å². The maximum Gasteiger partial charge on any atom is 0.0897 e. The first-order chi connectivity index (χ1) is 7.93. The van der Waals surface area contributed by atoms with Crippen LogP contribution in [0.2, 0.25) is 0 Å². The number of nitrogens with one attached hydrogen (secondary N) is 1. The van der Waals surface area contributed by atoms with Crippen molar-refractivity contribution in [3.63, 3.8) is 0 Å². The van der Waals surface area contributed by atoms with Crippen LogP contribution >= 0.6 is 11.3 Å². The predicted molar refractivity (Wildman–Crippen MR) is 76.7 cm³/mol. The summed E-state index contributed by atoms with van der Waals surface area (Å²) in [7, 11) is 0. The zero-order chi connectivity index (χ0) is 12.9. The van der Waals surface area contributed by atoms with Crippen LogP contribution < -0.4 is 5.32 Å². The topological polar surface area (TPSA) is 24.9 Å². The van der Waals surface area contributed by atoms with E-state index in [-0.39, 0.29) is 0 Å². The van der Waals surface area contributed by atoms with Crippen LogP contribution in [0.5, 0.6) is 0 Å². The van der Waals surface area contributed by atoms with E-state index >= 15 is 0 Å². The first-order valence-electron chi connectivity index (χ1n) is 6.57. The average molecular weight is 254 g/mol.